The Bertz CT molecular complexity index is 584. The monoisotopic (exact) mass is 278 g/mol. The first-order valence-electron chi connectivity index (χ1n) is 6.29. The van der Waals surface area contributed by atoms with Gasteiger partial charge in [-0.25, -0.2) is 0 Å². The van der Waals surface area contributed by atoms with Crippen molar-refractivity contribution in [3.63, 3.8) is 0 Å². The summed E-state index contributed by atoms with van der Waals surface area (Å²) < 4.78 is 18.7. The zero-order chi connectivity index (χ0) is 14.5. The van der Waals surface area contributed by atoms with Crippen LogP contribution < -0.4 is 5.32 Å². The lowest BCUT2D eigenvalue weighted by Gasteiger charge is -2.14. The predicted molar refractivity (Wildman–Crippen MR) is 73.2 cm³/mol. The number of hydrogen-bond acceptors (Lipinski definition) is 4. The maximum atomic E-state index is 13.5. The Hall–Kier alpha value is -2.37. The molecule has 106 valence electrons. The molecule has 1 aromatic carbocycles. The van der Waals surface area contributed by atoms with E-state index in [1.807, 2.05) is 19.1 Å². The molecule has 0 bridgehead atoms. The summed E-state index contributed by atoms with van der Waals surface area (Å²) in [6.45, 7) is 1.96. The maximum Gasteiger partial charge on any atom is 0.304 e. The largest absolute Gasteiger partial charge is 0.469 e. The van der Waals surface area contributed by atoms with E-state index in [2.05, 4.69) is 5.32 Å². The van der Waals surface area contributed by atoms with Gasteiger partial charge in [-0.2, -0.15) is 4.39 Å². The van der Waals surface area contributed by atoms with E-state index in [9.17, 15) is 14.5 Å². The quantitative estimate of drug-likeness (QED) is 0.645. The third-order valence-electron chi connectivity index (χ3n) is 2.96. The number of nitrogens with zero attached hydrogens (tertiary/aromatic N) is 1. The molecule has 1 aromatic heterocycles. The molecule has 0 aliphatic rings. The third kappa shape index (κ3) is 3.57. The van der Waals surface area contributed by atoms with Crippen LogP contribution in [0.5, 0.6) is 0 Å². The highest BCUT2D eigenvalue weighted by Crippen LogP contribution is 2.21. The summed E-state index contributed by atoms with van der Waals surface area (Å²) >= 11 is 0. The highest BCUT2D eigenvalue weighted by molar-refractivity contribution is 5.50. The van der Waals surface area contributed by atoms with Crippen LogP contribution in [-0.4, -0.2) is 11.0 Å². The maximum absolute atomic E-state index is 13.5. The van der Waals surface area contributed by atoms with Crippen LogP contribution in [0.1, 0.15) is 19.1 Å². The Labute approximate surface area is 115 Å². The number of anilines is 1. The van der Waals surface area contributed by atoms with Gasteiger partial charge in [-0.3, -0.25) is 10.1 Å². The van der Waals surface area contributed by atoms with Gasteiger partial charge in [-0.05, 0) is 31.5 Å². The van der Waals surface area contributed by atoms with Crippen LogP contribution in [0, 0.1) is 15.9 Å². The van der Waals surface area contributed by atoms with Gasteiger partial charge in [0.2, 0.25) is 5.82 Å². The third-order valence-corrected chi connectivity index (χ3v) is 2.96. The Kier molecular flexibility index (Phi) is 4.34. The summed E-state index contributed by atoms with van der Waals surface area (Å²) in [5, 5.41) is 13.6. The Morgan fingerprint density at radius 2 is 2.25 bits per heavy atom. The topological polar surface area (TPSA) is 68.3 Å². The van der Waals surface area contributed by atoms with Gasteiger partial charge < -0.3 is 9.73 Å². The van der Waals surface area contributed by atoms with Crippen molar-refractivity contribution in [2.45, 2.75) is 25.8 Å². The molecular formula is C14H15FN2O3. The lowest BCUT2D eigenvalue weighted by molar-refractivity contribution is -0.387. The predicted octanol–water partition coefficient (Wildman–Crippen LogP) is 3.76. The standard InChI is InChI=1S/C14H15FN2O3/c1-10(4-6-12-3-2-8-20-12)16-11-5-7-14(17(18)19)13(15)9-11/h2-3,5,7-10,16H,4,6H2,1H3. The first kappa shape index (κ1) is 14.0. The van der Waals surface area contributed by atoms with Gasteiger partial charge in [-0.15, -0.1) is 0 Å². The van der Waals surface area contributed by atoms with E-state index in [4.69, 9.17) is 4.42 Å². The second kappa shape index (κ2) is 6.18. The molecular weight excluding hydrogens is 263 g/mol. The van der Waals surface area contributed by atoms with E-state index in [0.717, 1.165) is 30.7 Å². The summed E-state index contributed by atoms with van der Waals surface area (Å²) in [4.78, 5) is 9.79. The van der Waals surface area contributed by atoms with Crippen LogP contribution in [0.25, 0.3) is 0 Å². The number of nitro benzene ring substituents is 1. The van der Waals surface area contributed by atoms with E-state index < -0.39 is 16.4 Å². The average molecular weight is 278 g/mol. The minimum atomic E-state index is -0.835. The van der Waals surface area contributed by atoms with E-state index in [1.165, 1.54) is 6.07 Å². The molecule has 0 fully saturated rings. The van der Waals surface area contributed by atoms with Crippen LogP contribution in [0.15, 0.2) is 41.0 Å². The molecule has 20 heavy (non-hydrogen) atoms. The van der Waals surface area contributed by atoms with Gasteiger partial charge in [0, 0.05) is 30.3 Å². The summed E-state index contributed by atoms with van der Waals surface area (Å²) in [6, 6.07) is 7.64. The minimum absolute atomic E-state index is 0.0981. The number of nitro groups is 1. The van der Waals surface area contributed by atoms with Crippen LogP contribution in [0.2, 0.25) is 0 Å². The molecule has 0 aliphatic carbocycles. The number of hydrogen-bond donors (Lipinski definition) is 1. The molecule has 2 aromatic rings. The first-order valence-corrected chi connectivity index (χ1v) is 6.29. The van der Waals surface area contributed by atoms with Gasteiger partial charge >= 0.3 is 5.69 Å². The number of halogens is 1. The summed E-state index contributed by atoms with van der Waals surface area (Å²) in [6.07, 6.45) is 3.21. The summed E-state index contributed by atoms with van der Waals surface area (Å²) in [5.74, 6) is 0.0618. The summed E-state index contributed by atoms with van der Waals surface area (Å²) in [5.41, 5.74) is 0.0128. The van der Waals surface area contributed by atoms with Crippen molar-refractivity contribution in [2.24, 2.45) is 0 Å². The zero-order valence-electron chi connectivity index (χ0n) is 11.0. The SMILES string of the molecule is CC(CCc1ccco1)Nc1ccc([N+](=O)[O-])c(F)c1. The van der Waals surface area contributed by atoms with Crippen molar-refractivity contribution in [2.75, 3.05) is 5.32 Å². The number of furan rings is 1. The number of nitrogens with one attached hydrogen (secondary N) is 1. The Morgan fingerprint density at radius 3 is 2.85 bits per heavy atom. The molecule has 0 saturated heterocycles. The van der Waals surface area contributed by atoms with E-state index in [1.54, 1.807) is 6.26 Å². The van der Waals surface area contributed by atoms with Gasteiger partial charge in [0.25, 0.3) is 0 Å². The van der Waals surface area contributed by atoms with Gasteiger partial charge in [0.15, 0.2) is 0 Å². The molecule has 0 spiro atoms. The van der Waals surface area contributed by atoms with Crippen LogP contribution >= 0.6 is 0 Å². The van der Waals surface area contributed by atoms with E-state index in [0.29, 0.717) is 5.69 Å². The number of aryl methyl sites for hydroxylation is 1. The fourth-order valence-electron chi connectivity index (χ4n) is 1.92. The minimum Gasteiger partial charge on any atom is -0.469 e. The normalized spacial score (nSPS) is 12.1. The fourth-order valence-corrected chi connectivity index (χ4v) is 1.92. The highest BCUT2D eigenvalue weighted by Gasteiger charge is 2.14. The lowest BCUT2D eigenvalue weighted by atomic mass is 10.1. The molecule has 1 atom stereocenters. The molecule has 0 saturated carbocycles. The van der Waals surface area contributed by atoms with Crippen molar-refractivity contribution in [3.05, 3.63) is 58.3 Å². The molecule has 0 radical (unpaired) electrons. The highest BCUT2D eigenvalue weighted by atomic mass is 19.1. The van der Waals surface area contributed by atoms with Crippen molar-refractivity contribution in [3.8, 4) is 0 Å². The number of benzene rings is 1. The first-order chi connectivity index (χ1) is 9.56. The summed E-state index contributed by atoms with van der Waals surface area (Å²) in [7, 11) is 0. The smallest absolute Gasteiger partial charge is 0.304 e. The lowest BCUT2D eigenvalue weighted by Crippen LogP contribution is -2.16. The van der Waals surface area contributed by atoms with E-state index >= 15 is 0 Å². The molecule has 5 nitrogen and oxygen atoms in total. The fraction of sp³-hybridized carbons (Fsp3) is 0.286. The van der Waals surface area contributed by atoms with Crippen LogP contribution in [0.4, 0.5) is 15.8 Å². The number of rotatable bonds is 6. The second-order valence-electron chi connectivity index (χ2n) is 4.59. The molecule has 0 aliphatic heterocycles. The van der Waals surface area contributed by atoms with Crippen molar-refractivity contribution >= 4 is 11.4 Å². The second-order valence-corrected chi connectivity index (χ2v) is 4.59. The van der Waals surface area contributed by atoms with Crippen molar-refractivity contribution < 1.29 is 13.7 Å². The zero-order valence-corrected chi connectivity index (χ0v) is 11.0. The molecule has 1 unspecified atom stereocenters. The molecule has 0 amide bonds. The van der Waals surface area contributed by atoms with Crippen molar-refractivity contribution in [1.29, 1.82) is 0 Å². The molecule has 1 N–H and O–H groups in total. The molecule has 2 rings (SSSR count). The van der Waals surface area contributed by atoms with Gasteiger partial charge in [0.1, 0.15) is 5.76 Å². The Morgan fingerprint density at radius 1 is 1.45 bits per heavy atom. The molecule has 6 heteroatoms. The average Bonchev–Trinajstić information content (AvgIpc) is 2.89. The molecule has 1 heterocycles. The van der Waals surface area contributed by atoms with Gasteiger partial charge in [-0.1, -0.05) is 0 Å². The van der Waals surface area contributed by atoms with Crippen LogP contribution in [-0.2, 0) is 6.42 Å². The van der Waals surface area contributed by atoms with Crippen molar-refractivity contribution in [1.82, 2.24) is 0 Å². The van der Waals surface area contributed by atoms with Gasteiger partial charge in [0.05, 0.1) is 11.2 Å². The van der Waals surface area contributed by atoms with E-state index in [-0.39, 0.29) is 6.04 Å². The van der Waals surface area contributed by atoms with Crippen LogP contribution in [0.3, 0.4) is 0 Å². The Balaban J connectivity index is 1.92.